The minimum absolute atomic E-state index is 0.302. The lowest BCUT2D eigenvalue weighted by Crippen LogP contribution is -2.36. The molecular weight excluding hydrogens is 402 g/mol. The maximum Gasteiger partial charge on any atom is 0.259 e. The third-order valence-electron chi connectivity index (χ3n) is 4.74. The Morgan fingerprint density at radius 2 is 1.97 bits per heavy atom. The van der Waals surface area contributed by atoms with Crippen LogP contribution < -0.4 is 15.4 Å². The summed E-state index contributed by atoms with van der Waals surface area (Å²) in [6.07, 6.45) is 0. The van der Waals surface area contributed by atoms with Crippen molar-refractivity contribution in [3.8, 4) is 5.75 Å². The van der Waals surface area contributed by atoms with Crippen molar-refractivity contribution in [2.24, 2.45) is 12.0 Å². The molecule has 3 aromatic rings. The SMILES string of the molecule is COc1cccc(NC(=NCc2c(C)nn(C)c2C)NC(=O)c2ccccc2Cl)c1. The third kappa shape index (κ3) is 4.99. The lowest BCUT2D eigenvalue weighted by atomic mass is 10.2. The van der Waals surface area contributed by atoms with E-state index in [-0.39, 0.29) is 5.91 Å². The van der Waals surface area contributed by atoms with Crippen LogP contribution in [0.5, 0.6) is 5.75 Å². The standard InChI is InChI=1S/C22H24ClN5O2/c1-14-19(15(2)28(3)27-14)13-24-22(25-16-8-7-9-17(12-16)30-4)26-21(29)18-10-5-6-11-20(18)23/h5-12H,13H2,1-4H3,(H2,24,25,26,29). The highest BCUT2D eigenvalue weighted by Crippen LogP contribution is 2.18. The second-order valence-corrected chi connectivity index (χ2v) is 7.14. The van der Waals surface area contributed by atoms with Crippen LogP contribution in [0.2, 0.25) is 5.02 Å². The summed E-state index contributed by atoms with van der Waals surface area (Å²) in [7, 11) is 3.49. The van der Waals surface area contributed by atoms with Gasteiger partial charge in [0.15, 0.2) is 0 Å². The average molecular weight is 426 g/mol. The molecule has 0 atom stereocenters. The smallest absolute Gasteiger partial charge is 0.259 e. The van der Waals surface area contributed by atoms with E-state index in [9.17, 15) is 4.79 Å². The van der Waals surface area contributed by atoms with Crippen LogP contribution in [-0.4, -0.2) is 28.8 Å². The second-order valence-electron chi connectivity index (χ2n) is 6.73. The van der Waals surface area contributed by atoms with Gasteiger partial charge >= 0.3 is 0 Å². The molecule has 1 amide bonds. The summed E-state index contributed by atoms with van der Waals surface area (Å²) >= 11 is 6.17. The average Bonchev–Trinajstić information content (AvgIpc) is 2.97. The molecule has 7 nitrogen and oxygen atoms in total. The number of aryl methyl sites for hydroxylation is 2. The van der Waals surface area contributed by atoms with Crippen LogP contribution in [0.1, 0.15) is 27.3 Å². The Hall–Kier alpha value is -3.32. The summed E-state index contributed by atoms with van der Waals surface area (Å²) in [4.78, 5) is 17.4. The number of aromatic nitrogens is 2. The second kappa shape index (κ2) is 9.45. The van der Waals surface area contributed by atoms with Gasteiger partial charge in [-0.1, -0.05) is 29.8 Å². The van der Waals surface area contributed by atoms with Crippen LogP contribution in [0.15, 0.2) is 53.5 Å². The van der Waals surface area contributed by atoms with Gasteiger partial charge in [-0.3, -0.25) is 14.8 Å². The van der Waals surface area contributed by atoms with Gasteiger partial charge in [0.05, 0.1) is 29.9 Å². The number of rotatable bonds is 5. The van der Waals surface area contributed by atoms with Crippen molar-refractivity contribution in [1.29, 1.82) is 0 Å². The molecule has 0 saturated carbocycles. The van der Waals surface area contributed by atoms with E-state index in [4.69, 9.17) is 16.3 Å². The van der Waals surface area contributed by atoms with Gasteiger partial charge in [0.2, 0.25) is 5.96 Å². The molecule has 1 heterocycles. The first-order chi connectivity index (χ1) is 14.4. The number of benzene rings is 2. The van der Waals surface area contributed by atoms with E-state index in [0.29, 0.717) is 28.8 Å². The summed E-state index contributed by atoms with van der Waals surface area (Å²) in [6, 6.07) is 14.2. The molecule has 0 radical (unpaired) electrons. The Balaban J connectivity index is 1.89. The van der Waals surface area contributed by atoms with Crippen molar-refractivity contribution in [2.75, 3.05) is 12.4 Å². The van der Waals surface area contributed by atoms with Crippen LogP contribution in [0, 0.1) is 13.8 Å². The number of aliphatic imine (C=N–C) groups is 1. The van der Waals surface area contributed by atoms with Gasteiger partial charge in [0.1, 0.15) is 5.75 Å². The van der Waals surface area contributed by atoms with Crippen LogP contribution >= 0.6 is 11.6 Å². The molecule has 1 aromatic heterocycles. The first-order valence-electron chi connectivity index (χ1n) is 9.39. The fourth-order valence-electron chi connectivity index (χ4n) is 2.97. The number of carbonyl (C=O) groups is 1. The van der Waals surface area contributed by atoms with Crippen LogP contribution in [0.4, 0.5) is 5.69 Å². The number of anilines is 1. The zero-order chi connectivity index (χ0) is 21.7. The molecule has 2 aromatic carbocycles. The molecule has 156 valence electrons. The van der Waals surface area contributed by atoms with Gasteiger partial charge in [0, 0.05) is 30.1 Å². The minimum atomic E-state index is -0.352. The molecule has 0 aliphatic carbocycles. The number of amides is 1. The molecule has 3 rings (SSSR count). The molecule has 0 spiro atoms. The molecule has 0 bridgehead atoms. The van der Waals surface area contributed by atoms with Crippen molar-refractivity contribution in [1.82, 2.24) is 15.1 Å². The van der Waals surface area contributed by atoms with Crippen LogP contribution in [0.25, 0.3) is 0 Å². The van der Waals surface area contributed by atoms with E-state index < -0.39 is 0 Å². The minimum Gasteiger partial charge on any atom is -0.497 e. The number of nitrogens with one attached hydrogen (secondary N) is 2. The first-order valence-corrected chi connectivity index (χ1v) is 9.77. The van der Waals surface area contributed by atoms with Crippen molar-refractivity contribution in [3.05, 3.63) is 76.1 Å². The van der Waals surface area contributed by atoms with Gasteiger partial charge < -0.3 is 10.1 Å². The maximum absolute atomic E-state index is 12.8. The highest BCUT2D eigenvalue weighted by Gasteiger charge is 2.14. The monoisotopic (exact) mass is 425 g/mol. The molecule has 0 unspecified atom stereocenters. The molecule has 0 saturated heterocycles. The highest BCUT2D eigenvalue weighted by atomic mass is 35.5. The van der Waals surface area contributed by atoms with Crippen molar-refractivity contribution in [3.63, 3.8) is 0 Å². The number of halogens is 1. The fourth-order valence-corrected chi connectivity index (χ4v) is 3.19. The summed E-state index contributed by atoms with van der Waals surface area (Å²) < 4.78 is 7.09. The quantitative estimate of drug-likeness (QED) is 0.476. The number of hydrogen-bond donors (Lipinski definition) is 2. The first kappa shape index (κ1) is 21.4. The Bertz CT molecular complexity index is 1090. The van der Waals surface area contributed by atoms with E-state index in [0.717, 1.165) is 22.6 Å². The van der Waals surface area contributed by atoms with E-state index in [1.54, 1.807) is 31.4 Å². The summed E-state index contributed by atoms with van der Waals surface area (Å²) in [5.41, 5.74) is 4.03. The van der Waals surface area contributed by atoms with E-state index >= 15 is 0 Å². The van der Waals surface area contributed by atoms with Crippen molar-refractivity contribution >= 4 is 29.2 Å². The number of methoxy groups -OCH3 is 1. The van der Waals surface area contributed by atoms with Crippen LogP contribution in [0.3, 0.4) is 0 Å². The summed E-state index contributed by atoms with van der Waals surface area (Å²) in [5.74, 6) is 0.640. The van der Waals surface area contributed by atoms with E-state index in [1.165, 1.54) is 0 Å². The van der Waals surface area contributed by atoms with Gasteiger partial charge in [-0.05, 0) is 38.1 Å². The molecule has 2 N–H and O–H groups in total. The Labute approximate surface area is 180 Å². The number of carbonyl (C=O) groups excluding carboxylic acids is 1. The molecule has 30 heavy (non-hydrogen) atoms. The Morgan fingerprint density at radius 3 is 2.63 bits per heavy atom. The third-order valence-corrected chi connectivity index (χ3v) is 5.07. The fraction of sp³-hybridized carbons (Fsp3) is 0.227. The molecule has 0 aliphatic heterocycles. The highest BCUT2D eigenvalue weighted by molar-refractivity contribution is 6.34. The van der Waals surface area contributed by atoms with E-state index in [2.05, 4.69) is 20.7 Å². The van der Waals surface area contributed by atoms with E-state index in [1.807, 2.05) is 49.8 Å². The number of nitrogens with zero attached hydrogens (tertiary/aromatic N) is 3. The zero-order valence-corrected chi connectivity index (χ0v) is 18.1. The maximum atomic E-state index is 12.8. The van der Waals surface area contributed by atoms with Gasteiger partial charge in [-0.15, -0.1) is 0 Å². The molecular formula is C22H24ClN5O2. The summed E-state index contributed by atoms with van der Waals surface area (Å²) in [5, 5.41) is 10.8. The van der Waals surface area contributed by atoms with Crippen LogP contribution in [-0.2, 0) is 13.6 Å². The predicted octanol–water partition coefficient (Wildman–Crippen LogP) is 4.10. The van der Waals surface area contributed by atoms with Crippen molar-refractivity contribution in [2.45, 2.75) is 20.4 Å². The predicted molar refractivity (Wildman–Crippen MR) is 119 cm³/mol. The molecule has 0 aliphatic rings. The Kier molecular flexibility index (Phi) is 6.74. The molecule has 0 fully saturated rings. The number of guanidine groups is 1. The normalized spacial score (nSPS) is 11.3. The lowest BCUT2D eigenvalue weighted by Gasteiger charge is -2.13. The zero-order valence-electron chi connectivity index (χ0n) is 17.4. The molecule has 8 heteroatoms. The summed E-state index contributed by atoms with van der Waals surface area (Å²) in [6.45, 7) is 4.29. The van der Waals surface area contributed by atoms with Gasteiger partial charge in [0.25, 0.3) is 5.91 Å². The number of ether oxygens (including phenoxy) is 1. The Morgan fingerprint density at radius 1 is 1.20 bits per heavy atom. The largest absolute Gasteiger partial charge is 0.497 e. The lowest BCUT2D eigenvalue weighted by molar-refractivity contribution is 0.0977. The number of hydrogen-bond acceptors (Lipinski definition) is 4. The van der Waals surface area contributed by atoms with Gasteiger partial charge in [-0.25, -0.2) is 4.99 Å². The topological polar surface area (TPSA) is 80.5 Å². The van der Waals surface area contributed by atoms with Gasteiger partial charge in [-0.2, -0.15) is 5.10 Å². The van der Waals surface area contributed by atoms with Crippen molar-refractivity contribution < 1.29 is 9.53 Å².